The van der Waals surface area contributed by atoms with Crippen LogP contribution in [0.25, 0.3) is 16.2 Å². The van der Waals surface area contributed by atoms with Crippen LogP contribution in [0.2, 0.25) is 0 Å². The van der Waals surface area contributed by atoms with Crippen LogP contribution in [-0.2, 0) is 17.8 Å². The number of hydrogen-bond donors (Lipinski definition) is 1. The fourth-order valence-electron chi connectivity index (χ4n) is 3.27. The van der Waals surface area contributed by atoms with Crippen LogP contribution in [0, 0.1) is 0 Å². The lowest BCUT2D eigenvalue weighted by molar-refractivity contribution is -0.115. The number of carbonyl (C=O) groups excluding carboxylic acids is 1. The van der Waals surface area contributed by atoms with E-state index in [2.05, 4.69) is 20.4 Å². The smallest absolute Gasteiger partial charge is 0.230 e. The van der Waals surface area contributed by atoms with Crippen molar-refractivity contribution in [3.05, 3.63) is 90.1 Å². The Morgan fingerprint density at radius 1 is 1.07 bits per heavy atom. The van der Waals surface area contributed by atoms with Gasteiger partial charge in [0.25, 0.3) is 0 Å². The molecule has 0 fully saturated rings. The highest BCUT2D eigenvalue weighted by atomic mass is 32.1. The van der Waals surface area contributed by atoms with E-state index in [0.29, 0.717) is 6.54 Å². The first-order valence-electron chi connectivity index (χ1n) is 9.47. The number of thiazole rings is 1. The average Bonchev–Trinajstić information content (AvgIpc) is 3.49. The van der Waals surface area contributed by atoms with Gasteiger partial charge in [0.1, 0.15) is 12.7 Å². The van der Waals surface area contributed by atoms with E-state index in [1.54, 1.807) is 11.0 Å². The molecule has 7 nitrogen and oxygen atoms in total. The average molecular weight is 414 g/mol. The molecule has 148 valence electrons. The van der Waals surface area contributed by atoms with E-state index < -0.39 is 0 Å². The molecule has 0 spiro atoms. The van der Waals surface area contributed by atoms with E-state index in [-0.39, 0.29) is 12.3 Å². The second-order valence-corrected chi connectivity index (χ2v) is 7.72. The molecule has 0 radical (unpaired) electrons. The molecule has 5 aromatic rings. The summed E-state index contributed by atoms with van der Waals surface area (Å²) in [6.07, 6.45) is 5.46. The van der Waals surface area contributed by atoms with Crippen molar-refractivity contribution < 1.29 is 4.79 Å². The Labute approximate surface area is 176 Å². The third-order valence-electron chi connectivity index (χ3n) is 4.74. The molecule has 0 atom stereocenters. The zero-order valence-corrected chi connectivity index (χ0v) is 16.8. The Balaban J connectivity index is 1.26. The third-order valence-corrected chi connectivity index (χ3v) is 5.63. The summed E-state index contributed by atoms with van der Waals surface area (Å²) in [7, 11) is 0. The topological polar surface area (TPSA) is 77.1 Å². The normalized spacial score (nSPS) is 11.1. The zero-order chi connectivity index (χ0) is 20.3. The molecule has 0 unspecified atom stereocenters. The van der Waals surface area contributed by atoms with E-state index in [1.807, 2.05) is 70.6 Å². The zero-order valence-electron chi connectivity index (χ0n) is 16.0. The molecule has 30 heavy (non-hydrogen) atoms. The fraction of sp³-hybridized carbons (Fsp3) is 0.0909. The van der Waals surface area contributed by atoms with Gasteiger partial charge in [0.2, 0.25) is 5.91 Å². The minimum Gasteiger partial charge on any atom is -0.326 e. The number of amides is 1. The van der Waals surface area contributed by atoms with Crippen molar-refractivity contribution in [1.82, 2.24) is 24.1 Å². The Morgan fingerprint density at radius 3 is 2.67 bits per heavy atom. The first kappa shape index (κ1) is 18.3. The summed E-state index contributed by atoms with van der Waals surface area (Å²) in [5, 5.41) is 9.05. The highest BCUT2D eigenvalue weighted by Gasteiger charge is 2.13. The van der Waals surface area contributed by atoms with Crippen LogP contribution in [0.1, 0.15) is 11.3 Å². The molecule has 0 aliphatic rings. The van der Waals surface area contributed by atoms with Gasteiger partial charge < -0.3 is 5.32 Å². The maximum Gasteiger partial charge on any atom is 0.230 e. The van der Waals surface area contributed by atoms with Gasteiger partial charge in [-0.05, 0) is 17.7 Å². The standard InChI is InChI=1S/C22H18N6OS/c29-21(25-18-8-6-16(7-9-18)11-27-15-23-14-24-27)10-19-13-30-22-26-20(12-28(19)22)17-4-2-1-3-5-17/h1-9,12-15H,10-11H2,(H,25,29). The summed E-state index contributed by atoms with van der Waals surface area (Å²) in [5.41, 5.74) is 4.75. The first-order valence-corrected chi connectivity index (χ1v) is 10.3. The summed E-state index contributed by atoms with van der Waals surface area (Å²) >= 11 is 1.54. The minimum atomic E-state index is -0.0614. The Bertz CT molecular complexity index is 1270. The van der Waals surface area contributed by atoms with E-state index in [9.17, 15) is 4.79 Å². The molecule has 1 N–H and O–H groups in total. The molecule has 5 rings (SSSR count). The van der Waals surface area contributed by atoms with Crippen molar-refractivity contribution in [2.24, 2.45) is 0 Å². The summed E-state index contributed by atoms with van der Waals surface area (Å²) in [4.78, 5) is 22.1. The molecule has 0 saturated heterocycles. The van der Waals surface area contributed by atoms with Gasteiger partial charge in [-0.25, -0.2) is 14.6 Å². The molecule has 0 aliphatic carbocycles. The summed E-state index contributed by atoms with van der Waals surface area (Å²) in [5.74, 6) is -0.0614. The molecule has 3 heterocycles. The molecular weight excluding hydrogens is 396 g/mol. The van der Waals surface area contributed by atoms with E-state index in [1.165, 1.54) is 17.7 Å². The number of rotatable bonds is 6. The molecule has 2 aromatic carbocycles. The van der Waals surface area contributed by atoms with Crippen molar-refractivity contribution in [3.63, 3.8) is 0 Å². The number of aromatic nitrogens is 5. The summed E-state index contributed by atoms with van der Waals surface area (Å²) in [6, 6.07) is 17.8. The minimum absolute atomic E-state index is 0.0614. The van der Waals surface area contributed by atoms with Crippen LogP contribution in [0.3, 0.4) is 0 Å². The second kappa shape index (κ2) is 7.92. The molecule has 0 saturated carbocycles. The van der Waals surface area contributed by atoms with Gasteiger partial charge in [0.15, 0.2) is 4.96 Å². The highest BCUT2D eigenvalue weighted by molar-refractivity contribution is 7.15. The molecular formula is C22H18N6OS. The molecule has 8 heteroatoms. The lowest BCUT2D eigenvalue weighted by Gasteiger charge is -2.07. The van der Waals surface area contributed by atoms with Gasteiger partial charge >= 0.3 is 0 Å². The molecule has 0 bridgehead atoms. The number of hydrogen-bond acceptors (Lipinski definition) is 5. The number of carbonyl (C=O) groups is 1. The van der Waals surface area contributed by atoms with Gasteiger partial charge in [-0.2, -0.15) is 5.10 Å². The number of fused-ring (bicyclic) bond motifs is 1. The van der Waals surface area contributed by atoms with Crippen molar-refractivity contribution in [2.75, 3.05) is 5.32 Å². The Kier molecular flexibility index (Phi) is 4.82. The SMILES string of the molecule is O=C(Cc1csc2nc(-c3ccccc3)cn12)Nc1ccc(Cn2cncn2)cc1. The summed E-state index contributed by atoms with van der Waals surface area (Å²) in [6.45, 7) is 0.644. The number of benzene rings is 2. The third kappa shape index (κ3) is 3.85. The predicted octanol–water partition coefficient (Wildman–Crippen LogP) is 3.88. The van der Waals surface area contributed by atoms with Gasteiger partial charge in [-0.15, -0.1) is 11.3 Å². The highest BCUT2D eigenvalue weighted by Crippen LogP contribution is 2.24. The number of nitrogens with zero attached hydrogens (tertiary/aromatic N) is 5. The van der Waals surface area contributed by atoms with E-state index >= 15 is 0 Å². The number of imidazole rings is 1. The maximum atomic E-state index is 12.6. The van der Waals surface area contributed by atoms with Crippen LogP contribution in [-0.4, -0.2) is 30.1 Å². The van der Waals surface area contributed by atoms with Crippen LogP contribution in [0.5, 0.6) is 0 Å². The lowest BCUT2D eigenvalue weighted by atomic mass is 10.2. The van der Waals surface area contributed by atoms with Gasteiger partial charge in [-0.3, -0.25) is 9.20 Å². The molecule has 3 aromatic heterocycles. The van der Waals surface area contributed by atoms with Gasteiger partial charge in [-0.1, -0.05) is 42.5 Å². The summed E-state index contributed by atoms with van der Waals surface area (Å²) < 4.78 is 3.75. The molecule has 1 amide bonds. The van der Waals surface area contributed by atoms with Gasteiger partial charge in [0.05, 0.1) is 18.7 Å². The Hall–Kier alpha value is -3.78. The van der Waals surface area contributed by atoms with Crippen LogP contribution < -0.4 is 5.32 Å². The van der Waals surface area contributed by atoms with Crippen LogP contribution >= 0.6 is 11.3 Å². The van der Waals surface area contributed by atoms with Crippen molar-refractivity contribution >= 4 is 27.9 Å². The Morgan fingerprint density at radius 2 is 1.90 bits per heavy atom. The van der Waals surface area contributed by atoms with Gasteiger partial charge in [0, 0.05) is 28.5 Å². The monoisotopic (exact) mass is 414 g/mol. The fourth-order valence-corrected chi connectivity index (χ4v) is 4.14. The second-order valence-electron chi connectivity index (χ2n) is 6.89. The van der Waals surface area contributed by atoms with Crippen molar-refractivity contribution in [3.8, 4) is 11.3 Å². The van der Waals surface area contributed by atoms with Crippen molar-refractivity contribution in [1.29, 1.82) is 0 Å². The first-order chi connectivity index (χ1) is 14.7. The number of nitrogens with one attached hydrogen (secondary N) is 1. The number of anilines is 1. The van der Waals surface area contributed by atoms with Crippen molar-refractivity contribution in [2.45, 2.75) is 13.0 Å². The lowest BCUT2D eigenvalue weighted by Crippen LogP contribution is -2.15. The van der Waals surface area contributed by atoms with Crippen LogP contribution in [0.15, 0.2) is 78.8 Å². The molecule has 0 aliphatic heterocycles. The largest absolute Gasteiger partial charge is 0.326 e. The maximum absolute atomic E-state index is 12.6. The van der Waals surface area contributed by atoms with E-state index in [4.69, 9.17) is 0 Å². The van der Waals surface area contributed by atoms with E-state index in [0.717, 1.165) is 33.2 Å². The van der Waals surface area contributed by atoms with Crippen LogP contribution in [0.4, 0.5) is 5.69 Å². The quantitative estimate of drug-likeness (QED) is 0.457. The predicted molar refractivity (Wildman–Crippen MR) is 116 cm³/mol.